The molecule has 2 nitrogen and oxygen atoms in total. The number of rotatable bonds is 3. The molecule has 7 aromatic carbocycles. The van der Waals surface area contributed by atoms with Gasteiger partial charge >= 0.3 is 0 Å². The molecule has 0 fully saturated rings. The molecule has 0 saturated carbocycles. The molecular weight excluding hydrogens is 650 g/mol. The lowest BCUT2D eigenvalue weighted by atomic mass is 9.26. The van der Waals surface area contributed by atoms with Gasteiger partial charge in [0.05, 0.1) is 0 Å². The lowest BCUT2D eigenvalue weighted by Crippen LogP contribution is -2.70. The predicted octanol–water partition coefficient (Wildman–Crippen LogP) is 8.18. The first-order valence-corrected chi connectivity index (χ1v) is 19.5. The van der Waals surface area contributed by atoms with Crippen molar-refractivity contribution in [2.24, 2.45) is 0 Å². The summed E-state index contributed by atoms with van der Waals surface area (Å²) >= 11 is 0. The molecule has 54 heavy (non-hydrogen) atoms. The van der Waals surface area contributed by atoms with Crippen LogP contribution in [0.25, 0.3) is 0 Å². The van der Waals surface area contributed by atoms with E-state index in [9.17, 15) is 0 Å². The van der Waals surface area contributed by atoms with E-state index in [1.165, 1.54) is 88.9 Å². The average molecular weight is 693 g/mol. The van der Waals surface area contributed by atoms with E-state index in [1.807, 2.05) is 0 Å². The smallest absolute Gasteiger partial charge is 0.247 e. The highest BCUT2D eigenvalue weighted by atomic mass is 15.2. The van der Waals surface area contributed by atoms with Crippen LogP contribution < -0.4 is 42.6 Å². The molecule has 7 aromatic rings. The van der Waals surface area contributed by atoms with Crippen molar-refractivity contribution in [2.45, 2.75) is 52.4 Å². The third-order valence-electron chi connectivity index (χ3n) is 13.3. The van der Waals surface area contributed by atoms with E-state index in [-0.39, 0.29) is 24.3 Å². The summed E-state index contributed by atoms with van der Waals surface area (Å²) in [6.45, 7) is 14.6. The Balaban J connectivity index is 1.33. The van der Waals surface area contributed by atoms with Crippen LogP contribution in [-0.2, 0) is 10.8 Å². The molecule has 0 spiro atoms. The van der Waals surface area contributed by atoms with Crippen LogP contribution in [0.5, 0.6) is 0 Å². The molecule has 4 aliphatic rings. The maximum atomic E-state index is 2.68. The fourth-order valence-electron chi connectivity index (χ4n) is 11.4. The van der Waals surface area contributed by atoms with Crippen LogP contribution in [0.3, 0.4) is 0 Å². The number of fused-ring (bicyclic) bond motifs is 8. The van der Waals surface area contributed by atoms with Gasteiger partial charge in [0.1, 0.15) is 0 Å². The number of anilines is 6. The van der Waals surface area contributed by atoms with Crippen LogP contribution in [-0.4, -0.2) is 13.4 Å². The van der Waals surface area contributed by atoms with Crippen molar-refractivity contribution >= 4 is 80.3 Å². The lowest BCUT2D eigenvalue weighted by Gasteiger charge is -2.51. The molecule has 4 heterocycles. The van der Waals surface area contributed by atoms with Crippen LogP contribution in [0, 0.1) is 13.8 Å². The maximum absolute atomic E-state index is 2.68. The first-order valence-electron chi connectivity index (χ1n) is 19.5. The molecule has 0 amide bonds. The van der Waals surface area contributed by atoms with Gasteiger partial charge in [0, 0.05) is 45.0 Å². The summed E-state index contributed by atoms with van der Waals surface area (Å²) in [5.41, 5.74) is 24.3. The highest BCUT2D eigenvalue weighted by Gasteiger charge is 2.52. The summed E-state index contributed by atoms with van der Waals surface area (Å²) in [7, 11) is 0. The SMILES string of the molecule is Cc1ccc2c3c1C(C)(C)c1ccccc1B3c1cc(N(c3ccccc3)c3ccccc3)cc3c1N2c1ccc(C)c2c1B3c1ccccc1C2(C)C. The van der Waals surface area contributed by atoms with E-state index in [0.29, 0.717) is 0 Å². The molecule has 258 valence electrons. The Kier molecular flexibility index (Phi) is 6.42. The minimum absolute atomic E-state index is 0.0965. The van der Waals surface area contributed by atoms with E-state index in [1.54, 1.807) is 0 Å². The number of hydrogen-bond donors (Lipinski definition) is 0. The van der Waals surface area contributed by atoms with Gasteiger partial charge in [-0.25, -0.2) is 0 Å². The van der Waals surface area contributed by atoms with Gasteiger partial charge in [0.25, 0.3) is 0 Å². The second kappa shape index (κ2) is 10.9. The summed E-state index contributed by atoms with van der Waals surface area (Å²) in [6.07, 6.45) is 0. The summed E-state index contributed by atoms with van der Waals surface area (Å²) in [6, 6.07) is 55.1. The van der Waals surface area contributed by atoms with Gasteiger partial charge in [-0.1, -0.05) is 136 Å². The highest BCUT2D eigenvalue weighted by Crippen LogP contribution is 2.48. The Bertz CT molecular complexity index is 2530. The summed E-state index contributed by atoms with van der Waals surface area (Å²) in [5.74, 6) is 0. The van der Waals surface area contributed by atoms with Crippen LogP contribution in [0.15, 0.2) is 146 Å². The largest absolute Gasteiger partial charge is 0.313 e. The second-order valence-corrected chi connectivity index (χ2v) is 17.0. The molecule has 0 radical (unpaired) electrons. The third-order valence-corrected chi connectivity index (χ3v) is 13.3. The summed E-state index contributed by atoms with van der Waals surface area (Å²) in [5, 5.41) is 0. The zero-order valence-electron chi connectivity index (χ0n) is 31.9. The van der Waals surface area contributed by atoms with E-state index >= 15 is 0 Å². The van der Waals surface area contributed by atoms with Gasteiger partial charge in [-0.2, -0.15) is 0 Å². The van der Waals surface area contributed by atoms with E-state index in [4.69, 9.17) is 0 Å². The first-order chi connectivity index (χ1) is 26.2. The quantitative estimate of drug-likeness (QED) is 0.173. The molecule has 0 N–H and O–H groups in total. The van der Waals surface area contributed by atoms with Crippen LogP contribution >= 0.6 is 0 Å². The molecule has 0 atom stereocenters. The number of nitrogens with zero attached hydrogens (tertiary/aromatic N) is 2. The van der Waals surface area contributed by atoms with Gasteiger partial charge in [-0.15, -0.1) is 0 Å². The van der Waals surface area contributed by atoms with Crippen molar-refractivity contribution in [2.75, 3.05) is 9.80 Å². The van der Waals surface area contributed by atoms with Crippen LogP contribution in [0.1, 0.15) is 61.1 Å². The maximum Gasteiger partial charge on any atom is 0.247 e. The van der Waals surface area contributed by atoms with E-state index in [2.05, 4.69) is 197 Å². The normalized spacial score (nSPS) is 15.8. The minimum Gasteiger partial charge on any atom is -0.313 e. The second-order valence-electron chi connectivity index (χ2n) is 17.0. The summed E-state index contributed by atoms with van der Waals surface area (Å²) in [4.78, 5) is 5.15. The van der Waals surface area contributed by atoms with E-state index in [0.717, 1.165) is 11.4 Å². The number of hydrogen-bond acceptors (Lipinski definition) is 2. The fourth-order valence-corrected chi connectivity index (χ4v) is 11.4. The molecule has 0 saturated heterocycles. The van der Waals surface area contributed by atoms with Gasteiger partial charge in [-0.3, -0.25) is 0 Å². The predicted molar refractivity (Wildman–Crippen MR) is 232 cm³/mol. The summed E-state index contributed by atoms with van der Waals surface area (Å²) < 4.78 is 0. The zero-order valence-corrected chi connectivity index (χ0v) is 31.9. The fraction of sp³-hybridized carbons (Fsp3) is 0.160. The number of aryl methyl sites for hydroxylation is 2. The standard InChI is InChI=1S/C50H42B2N2/c1-31-25-27-42-46-44(31)49(3,4)36-21-13-15-23-38(36)51(46)40-29-35(53(33-17-9-7-10-18-33)34-19-11-8-12-20-34)30-41-48(40)54(42)43-28-26-32(2)45-47(43)52(41)39-24-16-14-22-37(39)50(45,5)6/h7-30H,1-6H3. The zero-order chi connectivity index (χ0) is 36.7. The molecule has 0 bridgehead atoms. The van der Waals surface area contributed by atoms with Gasteiger partial charge in [0.15, 0.2) is 0 Å². The molecule has 4 aliphatic heterocycles. The Labute approximate surface area is 320 Å². The molecule has 0 aromatic heterocycles. The molecular formula is C50H42B2N2. The van der Waals surface area contributed by atoms with E-state index < -0.39 is 0 Å². The van der Waals surface area contributed by atoms with Crippen molar-refractivity contribution < 1.29 is 0 Å². The number of para-hydroxylation sites is 2. The Morgan fingerprint density at radius 2 is 0.852 bits per heavy atom. The van der Waals surface area contributed by atoms with Gasteiger partial charge < -0.3 is 9.80 Å². The van der Waals surface area contributed by atoms with Crippen molar-refractivity contribution in [1.82, 2.24) is 0 Å². The monoisotopic (exact) mass is 692 g/mol. The molecule has 4 heteroatoms. The molecule has 11 rings (SSSR count). The van der Waals surface area contributed by atoms with Gasteiger partial charge in [-0.05, 0) is 118 Å². The van der Waals surface area contributed by atoms with Gasteiger partial charge in [0.2, 0.25) is 13.4 Å². The Morgan fingerprint density at radius 3 is 1.30 bits per heavy atom. The average Bonchev–Trinajstić information content (AvgIpc) is 3.18. The topological polar surface area (TPSA) is 6.48 Å². The Morgan fingerprint density at radius 1 is 0.444 bits per heavy atom. The van der Waals surface area contributed by atoms with Crippen LogP contribution in [0.4, 0.5) is 34.1 Å². The van der Waals surface area contributed by atoms with Crippen LogP contribution in [0.2, 0.25) is 0 Å². The van der Waals surface area contributed by atoms with Crippen molar-refractivity contribution in [3.05, 3.63) is 179 Å². The third kappa shape index (κ3) is 3.98. The number of benzene rings is 7. The van der Waals surface area contributed by atoms with Crippen molar-refractivity contribution in [3.8, 4) is 0 Å². The minimum atomic E-state index is -0.146. The Hall–Kier alpha value is -5.73. The highest BCUT2D eigenvalue weighted by molar-refractivity contribution is 7.03. The van der Waals surface area contributed by atoms with Crippen molar-refractivity contribution in [3.63, 3.8) is 0 Å². The lowest BCUT2D eigenvalue weighted by molar-refractivity contribution is 0.640. The first kappa shape index (κ1) is 31.8. The molecule has 0 unspecified atom stereocenters. The van der Waals surface area contributed by atoms with Crippen molar-refractivity contribution in [1.29, 1.82) is 0 Å². The molecule has 0 aliphatic carbocycles.